The number of nitrogens with zero attached hydrogens (tertiary/aromatic N) is 2. The van der Waals surface area contributed by atoms with Crippen molar-refractivity contribution in [2.24, 2.45) is 0 Å². The summed E-state index contributed by atoms with van der Waals surface area (Å²) in [7, 11) is 1.93. The summed E-state index contributed by atoms with van der Waals surface area (Å²) in [5.41, 5.74) is 0. The van der Waals surface area contributed by atoms with E-state index in [1.54, 1.807) is 11.3 Å². The summed E-state index contributed by atoms with van der Waals surface area (Å²) in [4.78, 5) is 5.74. The van der Waals surface area contributed by atoms with E-state index in [1.165, 1.54) is 4.88 Å². The van der Waals surface area contributed by atoms with Crippen molar-refractivity contribution in [1.82, 2.24) is 15.5 Å². The third-order valence-corrected chi connectivity index (χ3v) is 3.59. The number of rotatable bonds is 6. The van der Waals surface area contributed by atoms with Gasteiger partial charge < -0.3 is 9.84 Å². The molecule has 1 N–H and O–H groups in total. The molecule has 2 rings (SSSR count). The number of halogens is 1. The Morgan fingerprint density at radius 3 is 2.94 bits per heavy atom. The third-order valence-electron chi connectivity index (χ3n) is 2.66. The molecule has 0 aromatic carbocycles. The van der Waals surface area contributed by atoms with Crippen LogP contribution < -0.4 is 5.32 Å². The van der Waals surface area contributed by atoms with Gasteiger partial charge >= 0.3 is 0 Å². The maximum absolute atomic E-state index is 5.22. The lowest BCUT2D eigenvalue weighted by Gasteiger charge is -2.04. The van der Waals surface area contributed by atoms with E-state index in [1.807, 2.05) is 7.05 Å². The van der Waals surface area contributed by atoms with Gasteiger partial charge in [0.25, 0.3) is 0 Å². The molecule has 6 heteroatoms. The summed E-state index contributed by atoms with van der Waals surface area (Å²) in [5.74, 6) is 1.52. The quantitative estimate of drug-likeness (QED) is 0.887. The molecule has 2 heterocycles. The molecule has 2 aromatic heterocycles. The van der Waals surface area contributed by atoms with Crippen LogP contribution in [0.25, 0.3) is 0 Å². The van der Waals surface area contributed by atoms with Gasteiger partial charge in [-0.25, -0.2) is 0 Å². The monoisotopic (exact) mass is 287 g/mol. The van der Waals surface area contributed by atoms with Crippen molar-refractivity contribution >= 4 is 23.7 Å². The summed E-state index contributed by atoms with van der Waals surface area (Å²) in [6.07, 6.45) is 2.60. The van der Waals surface area contributed by atoms with Crippen molar-refractivity contribution in [3.8, 4) is 0 Å². The van der Waals surface area contributed by atoms with Gasteiger partial charge in [0.05, 0.1) is 0 Å². The highest BCUT2D eigenvalue weighted by molar-refractivity contribution is 7.09. The van der Waals surface area contributed by atoms with Gasteiger partial charge in [0, 0.05) is 23.8 Å². The Kier molecular flexibility index (Phi) is 6.32. The van der Waals surface area contributed by atoms with Crippen LogP contribution in [0.3, 0.4) is 0 Å². The van der Waals surface area contributed by atoms with Crippen molar-refractivity contribution in [2.75, 3.05) is 7.05 Å². The molecule has 0 bridgehead atoms. The third kappa shape index (κ3) is 4.40. The van der Waals surface area contributed by atoms with Crippen LogP contribution in [0, 0.1) is 0 Å². The molecule has 0 saturated heterocycles. The molecule has 18 heavy (non-hydrogen) atoms. The van der Waals surface area contributed by atoms with E-state index in [-0.39, 0.29) is 12.4 Å². The van der Waals surface area contributed by atoms with Gasteiger partial charge in [-0.05, 0) is 31.8 Å². The maximum atomic E-state index is 5.22. The molecule has 2 aromatic rings. The lowest BCUT2D eigenvalue weighted by Crippen LogP contribution is -2.24. The summed E-state index contributed by atoms with van der Waals surface area (Å²) in [5, 5.41) is 9.22. The van der Waals surface area contributed by atoms with Crippen molar-refractivity contribution < 1.29 is 4.52 Å². The average Bonchev–Trinajstić information content (AvgIpc) is 2.97. The first-order valence-corrected chi connectivity index (χ1v) is 6.67. The fraction of sp³-hybridized carbons (Fsp3) is 0.500. The van der Waals surface area contributed by atoms with Crippen LogP contribution in [0.2, 0.25) is 0 Å². The van der Waals surface area contributed by atoms with Crippen molar-refractivity contribution in [2.45, 2.75) is 32.2 Å². The van der Waals surface area contributed by atoms with Crippen LogP contribution in [0.4, 0.5) is 0 Å². The smallest absolute Gasteiger partial charge is 0.227 e. The number of aryl methyl sites for hydroxylation is 2. The zero-order valence-electron chi connectivity index (χ0n) is 10.5. The highest BCUT2D eigenvalue weighted by atomic mass is 35.5. The average molecular weight is 288 g/mol. The van der Waals surface area contributed by atoms with Crippen LogP contribution in [0.1, 0.15) is 23.5 Å². The second-order valence-corrected chi connectivity index (χ2v) is 5.11. The van der Waals surface area contributed by atoms with E-state index in [0.717, 1.165) is 31.0 Å². The predicted octanol–water partition coefficient (Wildman–Crippen LogP) is 2.49. The molecule has 4 nitrogen and oxygen atoms in total. The van der Waals surface area contributed by atoms with Gasteiger partial charge in [-0.2, -0.15) is 4.98 Å². The summed E-state index contributed by atoms with van der Waals surface area (Å²) < 4.78 is 5.22. The molecule has 0 radical (unpaired) electrons. The zero-order chi connectivity index (χ0) is 12.1. The van der Waals surface area contributed by atoms with Crippen LogP contribution in [0.15, 0.2) is 22.0 Å². The fourth-order valence-electron chi connectivity index (χ4n) is 1.54. The number of thiophene rings is 1. The van der Waals surface area contributed by atoms with Crippen molar-refractivity contribution in [3.63, 3.8) is 0 Å². The highest BCUT2D eigenvalue weighted by Crippen LogP contribution is 2.12. The van der Waals surface area contributed by atoms with Crippen LogP contribution in [-0.4, -0.2) is 23.2 Å². The second kappa shape index (κ2) is 7.51. The Morgan fingerprint density at radius 1 is 1.44 bits per heavy atom. The molecule has 0 aliphatic heterocycles. The molecule has 100 valence electrons. The zero-order valence-corrected chi connectivity index (χ0v) is 12.2. The fourth-order valence-corrected chi connectivity index (χ4v) is 2.24. The minimum absolute atomic E-state index is 0. The van der Waals surface area contributed by atoms with Gasteiger partial charge in [-0.3, -0.25) is 0 Å². The van der Waals surface area contributed by atoms with E-state index in [9.17, 15) is 0 Å². The molecule has 0 spiro atoms. The first-order valence-electron chi connectivity index (χ1n) is 5.79. The number of hydrogen-bond donors (Lipinski definition) is 1. The number of aromatic nitrogens is 2. The highest BCUT2D eigenvalue weighted by Gasteiger charge is 2.09. The summed E-state index contributed by atoms with van der Waals surface area (Å²) >= 11 is 1.76. The minimum Gasteiger partial charge on any atom is -0.339 e. The largest absolute Gasteiger partial charge is 0.339 e. The van der Waals surface area contributed by atoms with Crippen molar-refractivity contribution in [3.05, 3.63) is 34.1 Å². The van der Waals surface area contributed by atoms with Gasteiger partial charge in [0.2, 0.25) is 5.89 Å². The second-order valence-electron chi connectivity index (χ2n) is 4.08. The Morgan fingerprint density at radius 2 is 2.28 bits per heavy atom. The SMILES string of the molecule is CNC(C)Cc1noc(CCc2cccs2)n1.Cl. The first kappa shape index (κ1) is 15.1. The van der Waals surface area contributed by atoms with E-state index < -0.39 is 0 Å². The normalized spacial score (nSPS) is 12.1. The molecule has 0 saturated carbocycles. The summed E-state index contributed by atoms with van der Waals surface area (Å²) in [6, 6.07) is 4.57. The molecular formula is C12H18ClN3OS. The van der Waals surface area contributed by atoms with Gasteiger partial charge in [0.15, 0.2) is 5.82 Å². The van der Waals surface area contributed by atoms with E-state index in [2.05, 4.69) is 39.9 Å². The topological polar surface area (TPSA) is 51.0 Å². The Labute approximate surface area is 117 Å². The standard InChI is InChI=1S/C12H17N3OS.ClH/c1-9(13-2)8-11-14-12(16-15-11)6-5-10-4-3-7-17-10;/h3-4,7,9,13H,5-6,8H2,1-2H3;1H. The van der Waals surface area contributed by atoms with Crippen LogP contribution in [-0.2, 0) is 19.3 Å². The van der Waals surface area contributed by atoms with E-state index in [4.69, 9.17) is 4.52 Å². The summed E-state index contributed by atoms with van der Waals surface area (Å²) in [6.45, 7) is 2.10. The molecule has 0 aliphatic carbocycles. The molecular weight excluding hydrogens is 270 g/mol. The Balaban J connectivity index is 0.00000162. The number of hydrogen-bond acceptors (Lipinski definition) is 5. The number of nitrogens with one attached hydrogen (secondary N) is 1. The molecule has 0 aliphatic rings. The van der Waals surface area contributed by atoms with E-state index in [0.29, 0.717) is 6.04 Å². The number of likely N-dealkylation sites (N-methyl/N-ethyl adjacent to an activating group) is 1. The predicted molar refractivity (Wildman–Crippen MR) is 75.5 cm³/mol. The molecule has 0 fully saturated rings. The van der Waals surface area contributed by atoms with Crippen LogP contribution >= 0.6 is 23.7 Å². The Bertz CT molecular complexity index is 444. The molecule has 1 atom stereocenters. The lowest BCUT2D eigenvalue weighted by molar-refractivity contribution is 0.371. The minimum atomic E-state index is 0. The Hall–Kier alpha value is -0.910. The van der Waals surface area contributed by atoms with Gasteiger partial charge in [-0.15, -0.1) is 23.7 Å². The molecule has 0 amide bonds. The first-order chi connectivity index (χ1) is 8.28. The van der Waals surface area contributed by atoms with Crippen molar-refractivity contribution in [1.29, 1.82) is 0 Å². The maximum Gasteiger partial charge on any atom is 0.227 e. The molecule has 1 unspecified atom stereocenters. The van der Waals surface area contributed by atoms with Gasteiger partial charge in [-0.1, -0.05) is 11.2 Å². The van der Waals surface area contributed by atoms with E-state index >= 15 is 0 Å². The van der Waals surface area contributed by atoms with Gasteiger partial charge in [0.1, 0.15) is 0 Å². The van der Waals surface area contributed by atoms with Crippen LogP contribution in [0.5, 0.6) is 0 Å². The lowest BCUT2D eigenvalue weighted by atomic mass is 10.2.